The molecule has 0 spiro atoms. The molecule has 4 saturated heterocycles. The van der Waals surface area contributed by atoms with Gasteiger partial charge in [0.25, 0.3) is 5.91 Å². The zero-order chi connectivity index (χ0) is 23.2. The Kier molecular flexibility index (Phi) is 5.68. The van der Waals surface area contributed by atoms with Gasteiger partial charge in [0.15, 0.2) is 0 Å². The number of carbonyl (C=O) groups is 3. The largest absolute Gasteiger partial charge is 0.336 e. The van der Waals surface area contributed by atoms with Crippen LogP contribution in [0.1, 0.15) is 50.5 Å². The van der Waals surface area contributed by atoms with E-state index in [-0.39, 0.29) is 30.8 Å². The molecule has 1 N–H and O–H groups in total. The molecule has 0 aromatic heterocycles. The van der Waals surface area contributed by atoms with Crippen molar-refractivity contribution in [2.24, 2.45) is 11.8 Å². The van der Waals surface area contributed by atoms with E-state index in [1.54, 1.807) is 0 Å². The SMILES string of the molecule is O=C1N[C@@H](CC(=O)N2CCCC3=CC4CC(CN5CCCCC45)C32)C(=O)N1Cc1ccccc1. The van der Waals surface area contributed by atoms with Crippen molar-refractivity contribution in [1.29, 1.82) is 0 Å². The molecule has 4 amide bonds. The molecule has 4 heterocycles. The topological polar surface area (TPSA) is 73.0 Å². The second kappa shape index (κ2) is 8.84. The smallest absolute Gasteiger partial charge is 0.325 e. The first kappa shape index (κ1) is 21.8. The number of nitrogens with zero attached hydrogens (tertiary/aromatic N) is 3. The summed E-state index contributed by atoms with van der Waals surface area (Å²) in [4.78, 5) is 45.0. The zero-order valence-corrected chi connectivity index (χ0v) is 19.7. The highest BCUT2D eigenvalue weighted by Crippen LogP contribution is 2.45. The fourth-order valence-corrected chi connectivity index (χ4v) is 7.18. The summed E-state index contributed by atoms with van der Waals surface area (Å²) >= 11 is 0. The number of carbonyl (C=O) groups excluding carboxylic acids is 3. The number of urea groups is 1. The number of amides is 4. The van der Waals surface area contributed by atoms with Gasteiger partial charge in [-0.2, -0.15) is 0 Å². The van der Waals surface area contributed by atoms with Crippen molar-refractivity contribution in [3.05, 3.63) is 47.5 Å². The molecule has 2 bridgehead atoms. The van der Waals surface area contributed by atoms with Crippen LogP contribution < -0.4 is 5.32 Å². The average Bonchev–Trinajstić information content (AvgIpc) is 3.11. The Bertz CT molecular complexity index is 1010. The van der Waals surface area contributed by atoms with Crippen molar-refractivity contribution in [2.45, 2.75) is 69.6 Å². The molecule has 5 aliphatic rings. The van der Waals surface area contributed by atoms with Crippen LogP contribution in [0, 0.1) is 11.8 Å². The zero-order valence-electron chi connectivity index (χ0n) is 19.7. The molecular weight excluding hydrogens is 428 g/mol. The van der Waals surface area contributed by atoms with Crippen molar-refractivity contribution in [1.82, 2.24) is 20.0 Å². The summed E-state index contributed by atoms with van der Waals surface area (Å²) in [6.07, 6.45) is 9.70. The Labute approximate surface area is 201 Å². The molecule has 0 radical (unpaired) electrons. The van der Waals surface area contributed by atoms with Gasteiger partial charge in [0.2, 0.25) is 5.91 Å². The molecule has 1 aromatic rings. The highest BCUT2D eigenvalue weighted by Gasteiger charge is 2.48. The number of hydrogen-bond donors (Lipinski definition) is 1. The summed E-state index contributed by atoms with van der Waals surface area (Å²) in [5.41, 5.74) is 2.34. The van der Waals surface area contributed by atoms with E-state index in [9.17, 15) is 14.4 Å². The Balaban J connectivity index is 1.16. The number of imide groups is 1. The summed E-state index contributed by atoms with van der Waals surface area (Å²) in [7, 11) is 0. The number of fused-ring (bicyclic) bond motifs is 6. The molecule has 1 aliphatic carbocycles. The fourth-order valence-electron chi connectivity index (χ4n) is 7.18. The number of hydrogen-bond acceptors (Lipinski definition) is 4. The Morgan fingerprint density at radius 3 is 2.76 bits per heavy atom. The van der Waals surface area contributed by atoms with E-state index >= 15 is 0 Å². The molecule has 5 atom stereocenters. The minimum Gasteiger partial charge on any atom is -0.336 e. The maximum Gasteiger partial charge on any atom is 0.325 e. The molecule has 7 heteroatoms. The Morgan fingerprint density at radius 1 is 1.06 bits per heavy atom. The molecule has 4 unspecified atom stereocenters. The summed E-state index contributed by atoms with van der Waals surface area (Å²) in [5, 5.41) is 2.76. The highest BCUT2D eigenvalue weighted by atomic mass is 16.2. The standard InChI is InChI=1S/C27H34N4O3/c32-24(15-22-26(33)31(27(34)28-22)16-18-7-2-1-3-8-18)30-12-6-9-19-13-20-14-21(25(19)30)17-29-11-5-4-10-23(20)29/h1-3,7-8,13,20-23,25H,4-6,9-12,14-17H2,(H,28,34)/t20?,21?,22-,23?,25?/m0/s1. The van der Waals surface area contributed by atoms with Gasteiger partial charge in [0, 0.05) is 19.1 Å². The lowest BCUT2D eigenvalue weighted by Crippen LogP contribution is -2.60. The minimum atomic E-state index is -0.771. The van der Waals surface area contributed by atoms with Crippen molar-refractivity contribution in [2.75, 3.05) is 19.6 Å². The quantitative estimate of drug-likeness (QED) is 0.552. The van der Waals surface area contributed by atoms with Crippen LogP contribution >= 0.6 is 0 Å². The first-order valence-electron chi connectivity index (χ1n) is 13.0. The molecule has 1 aromatic carbocycles. The van der Waals surface area contributed by atoms with Crippen LogP contribution in [0.2, 0.25) is 0 Å². The number of piperidine rings is 3. The highest BCUT2D eigenvalue weighted by molar-refractivity contribution is 6.05. The molecular formula is C27H34N4O3. The molecule has 180 valence electrons. The van der Waals surface area contributed by atoms with Gasteiger partial charge in [0.1, 0.15) is 6.04 Å². The van der Waals surface area contributed by atoms with E-state index in [0.29, 0.717) is 17.9 Å². The van der Waals surface area contributed by atoms with Crippen molar-refractivity contribution in [3.63, 3.8) is 0 Å². The third kappa shape index (κ3) is 3.84. The van der Waals surface area contributed by atoms with Gasteiger partial charge >= 0.3 is 6.03 Å². The van der Waals surface area contributed by atoms with E-state index in [1.807, 2.05) is 35.2 Å². The predicted molar refractivity (Wildman–Crippen MR) is 128 cm³/mol. The van der Waals surface area contributed by atoms with E-state index < -0.39 is 12.1 Å². The third-order valence-corrected chi connectivity index (χ3v) is 8.65. The number of rotatable bonds is 4. The maximum atomic E-state index is 13.5. The third-order valence-electron chi connectivity index (χ3n) is 8.65. The van der Waals surface area contributed by atoms with Crippen LogP contribution in [0.4, 0.5) is 4.79 Å². The van der Waals surface area contributed by atoms with E-state index in [4.69, 9.17) is 0 Å². The fraction of sp³-hybridized carbons (Fsp3) is 0.593. The Morgan fingerprint density at radius 2 is 1.91 bits per heavy atom. The molecule has 7 nitrogen and oxygen atoms in total. The van der Waals surface area contributed by atoms with Crippen LogP contribution in [0.3, 0.4) is 0 Å². The second-order valence-corrected chi connectivity index (χ2v) is 10.7. The van der Waals surface area contributed by atoms with Gasteiger partial charge in [-0.3, -0.25) is 19.4 Å². The molecule has 0 saturated carbocycles. The monoisotopic (exact) mass is 462 g/mol. The molecule has 6 rings (SSSR count). The first-order valence-corrected chi connectivity index (χ1v) is 13.0. The average molecular weight is 463 g/mol. The van der Waals surface area contributed by atoms with Gasteiger partial charge in [0.05, 0.1) is 19.0 Å². The van der Waals surface area contributed by atoms with E-state index in [1.165, 1.54) is 42.7 Å². The lowest BCUT2D eigenvalue weighted by Gasteiger charge is -2.54. The van der Waals surface area contributed by atoms with Gasteiger partial charge in [-0.25, -0.2) is 4.79 Å². The normalized spacial score (nSPS) is 33.2. The van der Waals surface area contributed by atoms with Crippen molar-refractivity contribution in [3.8, 4) is 0 Å². The Hall–Kier alpha value is -2.67. The van der Waals surface area contributed by atoms with Crippen LogP contribution in [-0.4, -0.2) is 70.3 Å². The molecule has 34 heavy (non-hydrogen) atoms. The molecule has 4 fully saturated rings. The maximum absolute atomic E-state index is 13.5. The van der Waals surface area contributed by atoms with Crippen LogP contribution in [0.15, 0.2) is 42.0 Å². The van der Waals surface area contributed by atoms with Crippen molar-refractivity contribution < 1.29 is 14.4 Å². The number of benzene rings is 1. The lowest BCUT2D eigenvalue weighted by atomic mass is 9.68. The summed E-state index contributed by atoms with van der Waals surface area (Å²) in [5.74, 6) is 0.803. The number of likely N-dealkylation sites (tertiary alicyclic amines) is 1. The second-order valence-electron chi connectivity index (χ2n) is 10.7. The van der Waals surface area contributed by atoms with E-state index in [2.05, 4.69) is 16.3 Å². The summed E-state index contributed by atoms with van der Waals surface area (Å²) < 4.78 is 0. The van der Waals surface area contributed by atoms with Gasteiger partial charge in [-0.1, -0.05) is 48.4 Å². The van der Waals surface area contributed by atoms with Gasteiger partial charge < -0.3 is 10.2 Å². The predicted octanol–water partition coefficient (Wildman–Crippen LogP) is 2.92. The summed E-state index contributed by atoms with van der Waals surface area (Å²) in [6.45, 7) is 3.24. The number of nitrogens with one attached hydrogen (secondary N) is 1. The molecule has 4 aliphatic heterocycles. The lowest BCUT2D eigenvalue weighted by molar-refractivity contribution is -0.139. The minimum absolute atomic E-state index is 0.00460. The summed E-state index contributed by atoms with van der Waals surface area (Å²) in [6, 6.07) is 9.15. The van der Waals surface area contributed by atoms with E-state index in [0.717, 1.165) is 31.5 Å². The van der Waals surface area contributed by atoms with Crippen LogP contribution in [0.5, 0.6) is 0 Å². The van der Waals surface area contributed by atoms with Crippen molar-refractivity contribution >= 4 is 17.8 Å². The first-order chi connectivity index (χ1) is 16.6. The van der Waals surface area contributed by atoms with Gasteiger partial charge in [-0.15, -0.1) is 0 Å². The van der Waals surface area contributed by atoms with Gasteiger partial charge in [-0.05, 0) is 56.0 Å². The van der Waals surface area contributed by atoms with Crippen LogP contribution in [-0.2, 0) is 16.1 Å². The van der Waals surface area contributed by atoms with Crippen LogP contribution in [0.25, 0.3) is 0 Å².